The van der Waals surface area contributed by atoms with E-state index in [1.165, 1.54) is 31.3 Å². The molecule has 5 rings (SSSR count). The molecule has 36 heavy (non-hydrogen) atoms. The third kappa shape index (κ3) is 4.07. The topological polar surface area (TPSA) is 94.6 Å². The molecule has 190 valence electrons. The highest BCUT2D eigenvalue weighted by Crippen LogP contribution is 2.49. The molecule has 11 heteroatoms. The zero-order chi connectivity index (χ0) is 25.5. The molecule has 3 heterocycles. The van der Waals surface area contributed by atoms with Crippen molar-refractivity contribution in [3.63, 3.8) is 0 Å². The summed E-state index contributed by atoms with van der Waals surface area (Å²) in [6.07, 6.45) is -0.727. The van der Waals surface area contributed by atoms with Gasteiger partial charge >= 0.3 is 23.9 Å². The molecular formula is C25H24F2N2O7. The van der Waals surface area contributed by atoms with Crippen molar-refractivity contribution in [2.45, 2.75) is 30.5 Å². The second-order valence-corrected chi connectivity index (χ2v) is 8.98. The quantitative estimate of drug-likeness (QED) is 0.440. The van der Waals surface area contributed by atoms with Crippen LogP contribution in [0.15, 0.2) is 48.5 Å². The van der Waals surface area contributed by atoms with Crippen molar-refractivity contribution in [1.82, 2.24) is 9.80 Å². The predicted molar refractivity (Wildman–Crippen MR) is 118 cm³/mol. The van der Waals surface area contributed by atoms with Crippen LogP contribution in [0.3, 0.4) is 0 Å². The van der Waals surface area contributed by atoms with Crippen molar-refractivity contribution < 1.29 is 42.1 Å². The summed E-state index contributed by atoms with van der Waals surface area (Å²) < 4.78 is 49.1. The number of hydrogen-bond acceptors (Lipinski definition) is 8. The monoisotopic (exact) mass is 502 g/mol. The number of benzene rings is 2. The molecule has 0 atom stereocenters. The lowest BCUT2D eigenvalue weighted by atomic mass is 9.87. The molecule has 0 aromatic heterocycles. The van der Waals surface area contributed by atoms with Gasteiger partial charge in [-0.25, -0.2) is 28.1 Å². The zero-order valence-electron chi connectivity index (χ0n) is 19.4. The van der Waals surface area contributed by atoms with E-state index in [4.69, 9.17) is 18.9 Å². The second-order valence-electron chi connectivity index (χ2n) is 8.98. The number of ether oxygens (including phenoxy) is 4. The summed E-state index contributed by atoms with van der Waals surface area (Å²) in [6, 6.07) is 11.9. The fraction of sp³-hybridized carbons (Fsp3) is 0.400. The molecular weight excluding hydrogens is 478 g/mol. The SMILES string of the molecule is CN1C(=O)OC2(CCN(CCOC(c3ccc(F)cc3)c3ccc(F)cc3)CC2)C12OC(=O)C(=O)O2. The number of fused-ring (bicyclic) bond motifs is 1. The highest BCUT2D eigenvalue weighted by atomic mass is 19.1. The van der Waals surface area contributed by atoms with Crippen LogP contribution in [0.25, 0.3) is 0 Å². The molecule has 3 saturated heterocycles. The summed E-state index contributed by atoms with van der Waals surface area (Å²) in [5.74, 6) is -4.97. The van der Waals surface area contributed by atoms with Crippen molar-refractivity contribution in [3.05, 3.63) is 71.3 Å². The smallest absolute Gasteiger partial charge is 0.422 e. The van der Waals surface area contributed by atoms with Gasteiger partial charge in [-0.3, -0.25) is 0 Å². The Bertz CT molecular complexity index is 1100. The fourth-order valence-corrected chi connectivity index (χ4v) is 4.92. The highest BCUT2D eigenvalue weighted by Gasteiger charge is 2.74. The Hall–Kier alpha value is -3.57. The van der Waals surface area contributed by atoms with Crippen molar-refractivity contribution in [3.8, 4) is 0 Å². The molecule has 0 saturated carbocycles. The third-order valence-electron chi connectivity index (χ3n) is 6.90. The summed E-state index contributed by atoms with van der Waals surface area (Å²) in [6.45, 7) is 1.74. The first kappa shape index (κ1) is 24.1. The van der Waals surface area contributed by atoms with Gasteiger partial charge in [0, 0.05) is 39.5 Å². The van der Waals surface area contributed by atoms with E-state index in [1.54, 1.807) is 24.3 Å². The van der Waals surface area contributed by atoms with Crippen molar-refractivity contribution in [2.24, 2.45) is 0 Å². The number of rotatable bonds is 6. The molecule has 3 aliphatic heterocycles. The average Bonchev–Trinajstić information content (AvgIpc) is 3.28. The minimum absolute atomic E-state index is 0.267. The van der Waals surface area contributed by atoms with Crippen molar-refractivity contribution in [2.75, 3.05) is 33.3 Å². The highest BCUT2D eigenvalue weighted by molar-refractivity contribution is 6.31. The van der Waals surface area contributed by atoms with E-state index < -0.39 is 35.6 Å². The van der Waals surface area contributed by atoms with Gasteiger partial charge in [0.15, 0.2) is 0 Å². The van der Waals surface area contributed by atoms with Crippen molar-refractivity contribution >= 4 is 18.0 Å². The first-order valence-electron chi connectivity index (χ1n) is 11.5. The lowest BCUT2D eigenvalue weighted by Crippen LogP contribution is -2.62. The molecule has 0 radical (unpaired) electrons. The van der Waals surface area contributed by atoms with Crippen molar-refractivity contribution in [1.29, 1.82) is 0 Å². The van der Waals surface area contributed by atoms with Crippen LogP contribution in [0.4, 0.5) is 13.6 Å². The Morgan fingerprint density at radius 3 is 1.86 bits per heavy atom. The predicted octanol–water partition coefficient (Wildman–Crippen LogP) is 2.74. The second kappa shape index (κ2) is 9.14. The van der Waals surface area contributed by atoms with E-state index >= 15 is 0 Å². The third-order valence-corrected chi connectivity index (χ3v) is 6.90. The van der Waals surface area contributed by atoms with E-state index in [2.05, 4.69) is 4.90 Å². The Morgan fingerprint density at radius 2 is 1.36 bits per heavy atom. The molecule has 2 aromatic rings. The Labute approximate surface area is 205 Å². The Kier molecular flexibility index (Phi) is 6.13. The lowest BCUT2D eigenvalue weighted by Gasteiger charge is -2.43. The minimum Gasteiger partial charge on any atom is -0.432 e. The van der Waals surface area contributed by atoms with Gasteiger partial charge in [0.2, 0.25) is 5.60 Å². The van der Waals surface area contributed by atoms with Gasteiger partial charge < -0.3 is 23.8 Å². The number of nitrogens with zero attached hydrogens (tertiary/aromatic N) is 2. The molecule has 0 N–H and O–H groups in total. The number of esters is 2. The molecule has 2 aromatic carbocycles. The standard InChI is InChI=1S/C25H24F2N2O7/c1-28-23(32)36-24(25(28)34-21(30)22(31)35-25)10-12-29(13-11-24)14-15-33-20(16-2-6-18(26)7-3-16)17-4-8-19(27)9-5-17/h2-9,20H,10-15H2,1H3. The van der Waals surface area contributed by atoms with E-state index in [-0.39, 0.29) is 24.5 Å². The molecule has 0 unspecified atom stereocenters. The summed E-state index contributed by atoms with van der Waals surface area (Å²) in [5.41, 5.74) is 0.157. The minimum atomic E-state index is -1.91. The maximum atomic E-state index is 13.4. The molecule has 0 bridgehead atoms. The zero-order valence-corrected chi connectivity index (χ0v) is 19.4. The number of carbonyl (C=O) groups is 3. The van der Waals surface area contributed by atoms with Crippen LogP contribution in [0.1, 0.15) is 30.1 Å². The number of halogens is 2. The number of amides is 1. The van der Waals surface area contributed by atoms with E-state index in [0.717, 1.165) is 16.0 Å². The number of piperidine rings is 1. The Balaban J connectivity index is 1.23. The van der Waals surface area contributed by atoms with Crippen LogP contribution >= 0.6 is 0 Å². The van der Waals surface area contributed by atoms with Gasteiger partial charge in [-0.15, -0.1) is 0 Å². The van der Waals surface area contributed by atoms with E-state index in [0.29, 0.717) is 26.2 Å². The maximum absolute atomic E-state index is 13.4. The molecule has 3 fully saturated rings. The molecule has 0 aliphatic carbocycles. The van der Waals surface area contributed by atoms with Gasteiger partial charge in [-0.2, -0.15) is 0 Å². The summed E-state index contributed by atoms with van der Waals surface area (Å²) in [7, 11) is 1.36. The van der Waals surface area contributed by atoms with Gasteiger partial charge in [0.05, 0.1) is 6.61 Å². The number of likely N-dealkylation sites (tertiary alicyclic amines) is 1. The summed E-state index contributed by atoms with van der Waals surface area (Å²) >= 11 is 0. The lowest BCUT2D eigenvalue weighted by molar-refractivity contribution is -0.283. The van der Waals surface area contributed by atoms with Crippen LogP contribution in [0, 0.1) is 11.6 Å². The first-order valence-corrected chi connectivity index (χ1v) is 11.5. The number of carbonyl (C=O) groups excluding carboxylic acids is 3. The molecule has 1 amide bonds. The Morgan fingerprint density at radius 1 is 0.861 bits per heavy atom. The average molecular weight is 502 g/mol. The van der Waals surface area contributed by atoms with Crippen LogP contribution in [-0.4, -0.2) is 72.6 Å². The van der Waals surface area contributed by atoms with Crippen LogP contribution in [0.2, 0.25) is 0 Å². The van der Waals surface area contributed by atoms with Gasteiger partial charge in [-0.05, 0) is 35.4 Å². The van der Waals surface area contributed by atoms with Gasteiger partial charge in [0.25, 0.3) is 0 Å². The molecule has 9 nitrogen and oxygen atoms in total. The van der Waals surface area contributed by atoms with Gasteiger partial charge in [-0.1, -0.05) is 24.3 Å². The van der Waals surface area contributed by atoms with Crippen LogP contribution < -0.4 is 0 Å². The summed E-state index contributed by atoms with van der Waals surface area (Å²) in [4.78, 5) is 39.0. The van der Waals surface area contributed by atoms with E-state index in [9.17, 15) is 23.2 Å². The van der Waals surface area contributed by atoms with Gasteiger partial charge in [0.1, 0.15) is 17.7 Å². The summed E-state index contributed by atoms with van der Waals surface area (Å²) in [5, 5.41) is 0. The van der Waals surface area contributed by atoms with Crippen LogP contribution in [0.5, 0.6) is 0 Å². The van der Waals surface area contributed by atoms with Crippen LogP contribution in [-0.2, 0) is 28.5 Å². The first-order chi connectivity index (χ1) is 17.2. The maximum Gasteiger partial charge on any atom is 0.422 e. The van der Waals surface area contributed by atoms with E-state index in [1.807, 2.05) is 0 Å². The largest absolute Gasteiger partial charge is 0.432 e. The normalized spacial score (nSPS) is 20.8. The molecule has 3 aliphatic rings. The number of hydrogen-bond donors (Lipinski definition) is 0. The molecule has 2 spiro atoms. The fourth-order valence-electron chi connectivity index (χ4n) is 4.92. The number of likely N-dealkylation sites (N-methyl/N-ethyl adjacent to an activating group) is 1.